The van der Waals surface area contributed by atoms with Crippen molar-refractivity contribution in [3.8, 4) is 0 Å². The van der Waals surface area contributed by atoms with Crippen LogP contribution in [0, 0.1) is 0 Å². The molecule has 1 N–H and O–H groups in total. The first-order chi connectivity index (χ1) is 12.5. The van der Waals surface area contributed by atoms with Gasteiger partial charge in [0.05, 0.1) is 18.5 Å². The summed E-state index contributed by atoms with van der Waals surface area (Å²) in [6.45, 7) is 0.989. The Hall–Kier alpha value is -1.70. The van der Waals surface area contributed by atoms with Crippen molar-refractivity contribution in [1.29, 1.82) is 0 Å². The fourth-order valence-corrected chi connectivity index (χ4v) is 4.64. The lowest BCUT2D eigenvalue weighted by Crippen LogP contribution is -2.43. The van der Waals surface area contributed by atoms with E-state index in [2.05, 4.69) is 4.98 Å². The predicted molar refractivity (Wildman–Crippen MR) is 84.3 cm³/mol. The highest BCUT2D eigenvalue weighted by atomic mass is 32.2. The number of carboxylic acid groups (broad SMARTS) is 1. The third-order valence-electron chi connectivity index (χ3n) is 4.23. The molecule has 13 heteroatoms. The molecule has 0 spiro atoms. The number of carboxylic acids is 1. The van der Waals surface area contributed by atoms with Gasteiger partial charge in [-0.05, 0) is 12.8 Å². The van der Waals surface area contributed by atoms with Gasteiger partial charge in [0.15, 0.2) is 5.03 Å². The normalized spacial score (nSPS) is 26.2. The minimum atomic E-state index is -5.08. The summed E-state index contributed by atoms with van der Waals surface area (Å²) < 4.78 is 71.4. The van der Waals surface area contributed by atoms with Gasteiger partial charge in [-0.15, -0.1) is 0 Å². The second kappa shape index (κ2) is 8.12. The van der Waals surface area contributed by atoms with Gasteiger partial charge in [-0.3, -0.25) is 0 Å². The van der Waals surface area contributed by atoms with Crippen LogP contribution in [0.2, 0.25) is 0 Å². The number of hydrogen-bond acceptors (Lipinski definition) is 6. The number of sulfonamides is 1. The number of methoxy groups -OCH3 is 1. The van der Waals surface area contributed by atoms with Gasteiger partial charge in [0, 0.05) is 33.5 Å². The van der Waals surface area contributed by atoms with E-state index in [1.807, 2.05) is 0 Å². The molecule has 0 aromatic carbocycles. The zero-order chi connectivity index (χ0) is 20.4. The Balaban J connectivity index is 0.000000321. The smallest absolute Gasteiger partial charge is 0.475 e. The van der Waals surface area contributed by atoms with Crippen LogP contribution in [0.25, 0.3) is 0 Å². The zero-order valence-electron chi connectivity index (χ0n) is 14.6. The molecule has 0 unspecified atom stereocenters. The van der Waals surface area contributed by atoms with Gasteiger partial charge in [-0.2, -0.15) is 17.5 Å². The topological polar surface area (TPSA) is 111 Å². The Morgan fingerprint density at radius 3 is 2.56 bits per heavy atom. The summed E-state index contributed by atoms with van der Waals surface area (Å²) in [5, 5.41) is 7.21. The summed E-state index contributed by atoms with van der Waals surface area (Å²) in [6, 6.07) is -0.152. The number of carbonyl (C=O) groups is 1. The Labute approximate surface area is 153 Å². The van der Waals surface area contributed by atoms with Crippen LogP contribution in [0.5, 0.6) is 0 Å². The van der Waals surface area contributed by atoms with Crippen LogP contribution in [-0.2, 0) is 31.3 Å². The molecular formula is C14H20F3N3O6S. The second-order valence-electron chi connectivity index (χ2n) is 6.07. The van der Waals surface area contributed by atoms with E-state index in [-0.39, 0.29) is 23.3 Å². The molecule has 2 fully saturated rings. The number of fused-ring (bicyclic) bond motifs is 1. The molecular weight excluding hydrogens is 395 g/mol. The SMILES string of the molecule is CO[C@@H]1CN(S(=O)(=O)c2cn(C)cn2)[C@@H]2CCCO[C@@H]21.O=C(O)C(F)(F)F. The molecule has 9 nitrogen and oxygen atoms in total. The molecule has 2 saturated heterocycles. The van der Waals surface area contributed by atoms with Crippen LogP contribution in [-0.4, -0.2) is 78.0 Å². The van der Waals surface area contributed by atoms with E-state index in [4.69, 9.17) is 19.4 Å². The average Bonchev–Trinajstić information content (AvgIpc) is 3.19. The van der Waals surface area contributed by atoms with Gasteiger partial charge in [-0.25, -0.2) is 18.2 Å². The number of aryl methyl sites for hydroxylation is 1. The summed E-state index contributed by atoms with van der Waals surface area (Å²) in [6.07, 6.45) is -0.784. The molecule has 0 aliphatic carbocycles. The van der Waals surface area contributed by atoms with E-state index in [0.717, 1.165) is 12.8 Å². The van der Waals surface area contributed by atoms with Crippen LogP contribution in [0.3, 0.4) is 0 Å². The lowest BCUT2D eigenvalue weighted by atomic mass is 10.0. The number of ether oxygens (including phenoxy) is 2. The average molecular weight is 415 g/mol. The number of aliphatic carboxylic acids is 1. The Kier molecular flexibility index (Phi) is 6.50. The molecule has 2 aliphatic heterocycles. The minimum absolute atomic E-state index is 0.0843. The summed E-state index contributed by atoms with van der Waals surface area (Å²) in [5.74, 6) is -2.76. The van der Waals surface area contributed by atoms with Crippen LogP contribution in [0.4, 0.5) is 13.2 Å². The van der Waals surface area contributed by atoms with Crippen LogP contribution in [0.15, 0.2) is 17.6 Å². The highest BCUT2D eigenvalue weighted by Crippen LogP contribution is 2.34. The highest BCUT2D eigenvalue weighted by Gasteiger charge is 2.49. The minimum Gasteiger partial charge on any atom is -0.475 e. The maximum absolute atomic E-state index is 12.7. The molecule has 3 rings (SSSR count). The van der Waals surface area contributed by atoms with Gasteiger partial charge in [-0.1, -0.05) is 0 Å². The first-order valence-electron chi connectivity index (χ1n) is 7.92. The van der Waals surface area contributed by atoms with Crippen molar-refractivity contribution in [2.75, 3.05) is 20.3 Å². The fraction of sp³-hybridized carbons (Fsp3) is 0.714. The quantitative estimate of drug-likeness (QED) is 0.770. The molecule has 154 valence electrons. The van der Waals surface area contributed by atoms with E-state index < -0.39 is 22.2 Å². The molecule has 0 saturated carbocycles. The number of aromatic nitrogens is 2. The van der Waals surface area contributed by atoms with Crippen LogP contribution < -0.4 is 0 Å². The fourth-order valence-electron chi connectivity index (χ4n) is 2.99. The Bertz CT molecular complexity index is 766. The number of alkyl halides is 3. The maximum atomic E-state index is 12.7. The molecule has 3 heterocycles. The molecule has 0 amide bonds. The Morgan fingerprint density at radius 1 is 1.44 bits per heavy atom. The monoisotopic (exact) mass is 415 g/mol. The molecule has 3 atom stereocenters. The van der Waals surface area contributed by atoms with Crippen molar-refractivity contribution in [2.24, 2.45) is 7.05 Å². The maximum Gasteiger partial charge on any atom is 0.490 e. The summed E-state index contributed by atoms with van der Waals surface area (Å²) >= 11 is 0. The summed E-state index contributed by atoms with van der Waals surface area (Å²) in [7, 11) is -0.246. The highest BCUT2D eigenvalue weighted by molar-refractivity contribution is 7.89. The lowest BCUT2D eigenvalue weighted by molar-refractivity contribution is -0.192. The van der Waals surface area contributed by atoms with Gasteiger partial charge >= 0.3 is 12.1 Å². The van der Waals surface area contributed by atoms with Gasteiger partial charge < -0.3 is 19.1 Å². The van der Waals surface area contributed by atoms with Crippen molar-refractivity contribution >= 4 is 16.0 Å². The number of nitrogens with zero attached hydrogens (tertiary/aromatic N) is 3. The largest absolute Gasteiger partial charge is 0.490 e. The molecule has 27 heavy (non-hydrogen) atoms. The van der Waals surface area contributed by atoms with E-state index in [0.29, 0.717) is 13.2 Å². The first-order valence-corrected chi connectivity index (χ1v) is 9.36. The standard InChI is InChI=1S/C12H19N3O4S.C2HF3O2/c1-14-7-11(13-8-14)20(16,17)15-6-10(18-2)12-9(15)4-3-5-19-12;3-2(4,5)1(6)7/h7-10,12H,3-6H2,1-2H3;(H,6,7)/t9-,10-,12+;/m1./s1. The van der Waals surface area contributed by atoms with E-state index in [1.54, 1.807) is 18.7 Å². The lowest BCUT2D eigenvalue weighted by Gasteiger charge is -2.31. The number of imidazole rings is 1. The van der Waals surface area contributed by atoms with Crippen LogP contribution in [0.1, 0.15) is 12.8 Å². The molecule has 2 aliphatic rings. The molecule has 0 bridgehead atoms. The van der Waals surface area contributed by atoms with E-state index in [1.165, 1.54) is 16.8 Å². The van der Waals surface area contributed by atoms with Crippen LogP contribution >= 0.6 is 0 Å². The van der Waals surface area contributed by atoms with Gasteiger partial charge in [0.25, 0.3) is 10.0 Å². The first kappa shape index (κ1) is 21.6. The number of halogens is 3. The third-order valence-corrected chi connectivity index (χ3v) is 6.01. The molecule has 0 radical (unpaired) electrons. The predicted octanol–water partition coefficient (Wildman–Crippen LogP) is 0.620. The van der Waals surface area contributed by atoms with Crippen molar-refractivity contribution in [1.82, 2.24) is 13.9 Å². The van der Waals surface area contributed by atoms with Crippen molar-refractivity contribution < 1.29 is 41.0 Å². The Morgan fingerprint density at radius 2 is 2.07 bits per heavy atom. The zero-order valence-corrected chi connectivity index (χ0v) is 15.4. The second-order valence-corrected chi connectivity index (χ2v) is 7.91. The van der Waals surface area contributed by atoms with E-state index >= 15 is 0 Å². The van der Waals surface area contributed by atoms with E-state index in [9.17, 15) is 21.6 Å². The van der Waals surface area contributed by atoms with Gasteiger partial charge in [0.2, 0.25) is 0 Å². The molecule has 1 aromatic rings. The third kappa shape index (κ3) is 4.78. The number of hydrogen-bond donors (Lipinski definition) is 1. The van der Waals surface area contributed by atoms with Crippen molar-refractivity contribution in [3.05, 3.63) is 12.5 Å². The van der Waals surface area contributed by atoms with Crippen molar-refractivity contribution in [2.45, 2.75) is 42.3 Å². The number of rotatable bonds is 3. The summed E-state index contributed by atoms with van der Waals surface area (Å²) in [5.41, 5.74) is 0. The summed E-state index contributed by atoms with van der Waals surface area (Å²) in [4.78, 5) is 12.9. The van der Waals surface area contributed by atoms with Gasteiger partial charge in [0.1, 0.15) is 6.10 Å². The van der Waals surface area contributed by atoms with Crippen molar-refractivity contribution in [3.63, 3.8) is 0 Å². The molecule has 1 aromatic heterocycles.